The van der Waals surface area contributed by atoms with Crippen molar-refractivity contribution < 1.29 is 14.7 Å². The number of amides is 2. The molecule has 5 heteroatoms. The lowest BCUT2D eigenvalue weighted by atomic mass is 10.2. The molecule has 0 rings (SSSR count). The lowest BCUT2D eigenvalue weighted by molar-refractivity contribution is -0.138. The second kappa shape index (κ2) is 5.86. The molecule has 0 saturated heterocycles. The van der Waals surface area contributed by atoms with E-state index in [0.29, 0.717) is 6.42 Å². The van der Waals surface area contributed by atoms with E-state index >= 15 is 0 Å². The quantitative estimate of drug-likeness (QED) is 0.563. The van der Waals surface area contributed by atoms with Crippen molar-refractivity contribution >= 4 is 12.0 Å². The van der Waals surface area contributed by atoms with Gasteiger partial charge >= 0.3 is 12.0 Å². The molecule has 0 aromatic rings. The van der Waals surface area contributed by atoms with Gasteiger partial charge in [0.25, 0.3) is 0 Å². The maximum atomic E-state index is 11.1. The number of hydrogen-bond acceptors (Lipinski definition) is 2. The van der Waals surface area contributed by atoms with Crippen LogP contribution < -0.4 is 10.6 Å². The van der Waals surface area contributed by atoms with Crippen LogP contribution in [-0.4, -0.2) is 29.2 Å². The highest BCUT2D eigenvalue weighted by Crippen LogP contribution is 1.88. The van der Waals surface area contributed by atoms with Crippen molar-refractivity contribution in [1.29, 1.82) is 0 Å². The molecule has 2 atom stereocenters. The van der Waals surface area contributed by atoms with E-state index in [0.717, 1.165) is 0 Å². The molecule has 0 bridgehead atoms. The van der Waals surface area contributed by atoms with Crippen LogP contribution in [0, 0.1) is 12.3 Å². The van der Waals surface area contributed by atoms with Crippen LogP contribution in [0.1, 0.15) is 20.3 Å². The maximum absolute atomic E-state index is 11.1. The Morgan fingerprint density at radius 2 is 2.07 bits per heavy atom. The van der Waals surface area contributed by atoms with Gasteiger partial charge in [-0.3, -0.25) is 4.79 Å². The van der Waals surface area contributed by atoms with Gasteiger partial charge in [0.05, 0.1) is 6.04 Å². The van der Waals surface area contributed by atoms with Crippen LogP contribution in [0.15, 0.2) is 0 Å². The summed E-state index contributed by atoms with van der Waals surface area (Å²) in [5, 5.41) is 13.2. The van der Waals surface area contributed by atoms with Gasteiger partial charge in [-0.2, -0.15) is 0 Å². The van der Waals surface area contributed by atoms with Crippen LogP contribution >= 0.6 is 0 Å². The summed E-state index contributed by atoms with van der Waals surface area (Å²) in [6, 6.07) is -1.86. The average molecular weight is 198 g/mol. The predicted octanol–water partition coefficient (Wildman–Crippen LogP) is 0.170. The number of carboxylic acids is 1. The van der Waals surface area contributed by atoms with Crippen LogP contribution in [0.2, 0.25) is 0 Å². The zero-order valence-electron chi connectivity index (χ0n) is 8.20. The van der Waals surface area contributed by atoms with Gasteiger partial charge in [0.15, 0.2) is 0 Å². The number of carboxylic acid groups (broad SMARTS) is 1. The SMILES string of the molecule is C#CC(CC)NC(=O)N[C@H](C)C(=O)O. The molecular weight excluding hydrogens is 184 g/mol. The van der Waals surface area contributed by atoms with E-state index in [2.05, 4.69) is 16.6 Å². The van der Waals surface area contributed by atoms with Crippen molar-refractivity contribution in [1.82, 2.24) is 10.6 Å². The Morgan fingerprint density at radius 1 is 1.50 bits per heavy atom. The Bertz CT molecular complexity index is 257. The number of terminal acetylenes is 1. The fraction of sp³-hybridized carbons (Fsp3) is 0.556. The molecule has 0 radical (unpaired) electrons. The van der Waals surface area contributed by atoms with Crippen LogP contribution in [-0.2, 0) is 4.79 Å². The lowest BCUT2D eigenvalue weighted by Gasteiger charge is -2.13. The summed E-state index contributed by atoms with van der Waals surface area (Å²) in [5.41, 5.74) is 0. The smallest absolute Gasteiger partial charge is 0.325 e. The Labute approximate surface area is 82.9 Å². The topological polar surface area (TPSA) is 78.4 Å². The van der Waals surface area contributed by atoms with Crippen molar-refractivity contribution in [3.05, 3.63) is 0 Å². The first kappa shape index (κ1) is 12.3. The van der Waals surface area contributed by atoms with Crippen LogP contribution in [0.25, 0.3) is 0 Å². The molecule has 5 nitrogen and oxygen atoms in total. The molecule has 0 spiro atoms. The number of urea groups is 1. The predicted molar refractivity (Wildman–Crippen MR) is 51.7 cm³/mol. The zero-order chi connectivity index (χ0) is 11.1. The van der Waals surface area contributed by atoms with E-state index in [-0.39, 0.29) is 6.04 Å². The van der Waals surface area contributed by atoms with E-state index < -0.39 is 18.0 Å². The third kappa shape index (κ3) is 4.36. The van der Waals surface area contributed by atoms with E-state index in [4.69, 9.17) is 11.5 Å². The van der Waals surface area contributed by atoms with Gasteiger partial charge in [-0.05, 0) is 13.3 Å². The first-order chi connectivity index (χ1) is 6.51. The molecule has 2 amide bonds. The molecule has 0 aliphatic heterocycles. The molecule has 0 fully saturated rings. The molecule has 0 saturated carbocycles. The maximum Gasteiger partial charge on any atom is 0.325 e. The van der Waals surface area contributed by atoms with Gasteiger partial charge < -0.3 is 15.7 Å². The summed E-state index contributed by atoms with van der Waals surface area (Å²) >= 11 is 0. The molecule has 1 unspecified atom stereocenters. The van der Waals surface area contributed by atoms with Gasteiger partial charge in [0.1, 0.15) is 6.04 Å². The molecular formula is C9H14N2O3. The Morgan fingerprint density at radius 3 is 2.43 bits per heavy atom. The largest absolute Gasteiger partial charge is 0.480 e. The van der Waals surface area contributed by atoms with Crippen molar-refractivity contribution in [3.63, 3.8) is 0 Å². The van der Waals surface area contributed by atoms with Gasteiger partial charge in [-0.15, -0.1) is 6.42 Å². The van der Waals surface area contributed by atoms with Crippen molar-refractivity contribution in [2.24, 2.45) is 0 Å². The normalized spacial score (nSPS) is 13.5. The minimum atomic E-state index is -1.09. The third-order valence-corrected chi connectivity index (χ3v) is 1.63. The van der Waals surface area contributed by atoms with E-state index in [1.807, 2.05) is 6.92 Å². The summed E-state index contributed by atoms with van der Waals surface area (Å²) < 4.78 is 0. The molecule has 0 heterocycles. The van der Waals surface area contributed by atoms with Gasteiger partial charge in [-0.1, -0.05) is 12.8 Å². The highest BCUT2D eigenvalue weighted by molar-refractivity contribution is 5.82. The Hall–Kier alpha value is -1.70. The standard InChI is InChI=1S/C9H14N2O3/c1-4-7(5-2)11-9(14)10-6(3)8(12)13/h1,6-7H,5H2,2-3H3,(H,12,13)(H2,10,11,14)/t6-,7?/m1/s1. The van der Waals surface area contributed by atoms with E-state index in [1.54, 1.807) is 0 Å². The molecule has 0 aromatic carbocycles. The first-order valence-corrected chi connectivity index (χ1v) is 4.27. The second-order valence-electron chi connectivity index (χ2n) is 2.81. The first-order valence-electron chi connectivity index (χ1n) is 4.27. The number of hydrogen-bond donors (Lipinski definition) is 3. The number of carbonyl (C=O) groups excluding carboxylic acids is 1. The summed E-state index contributed by atoms with van der Waals surface area (Å²) in [4.78, 5) is 21.5. The van der Waals surface area contributed by atoms with Crippen LogP contribution in [0.5, 0.6) is 0 Å². The number of carbonyl (C=O) groups is 2. The third-order valence-electron chi connectivity index (χ3n) is 1.63. The Balaban J connectivity index is 3.99. The van der Waals surface area contributed by atoms with E-state index in [1.165, 1.54) is 6.92 Å². The monoisotopic (exact) mass is 198 g/mol. The fourth-order valence-corrected chi connectivity index (χ4v) is 0.720. The molecule has 14 heavy (non-hydrogen) atoms. The van der Waals surface area contributed by atoms with Crippen molar-refractivity contribution in [3.8, 4) is 12.3 Å². The zero-order valence-corrected chi connectivity index (χ0v) is 8.20. The summed E-state index contributed by atoms with van der Waals surface area (Å²) in [6.45, 7) is 3.20. The highest BCUT2D eigenvalue weighted by atomic mass is 16.4. The van der Waals surface area contributed by atoms with Crippen molar-refractivity contribution in [2.45, 2.75) is 32.4 Å². The Kier molecular flexibility index (Phi) is 5.15. The molecule has 0 aliphatic rings. The molecule has 0 aromatic heterocycles. The second-order valence-corrected chi connectivity index (χ2v) is 2.81. The van der Waals surface area contributed by atoms with Crippen molar-refractivity contribution in [2.75, 3.05) is 0 Å². The van der Waals surface area contributed by atoms with Gasteiger partial charge in [-0.25, -0.2) is 4.79 Å². The average Bonchev–Trinajstić information content (AvgIpc) is 2.13. The molecule has 3 N–H and O–H groups in total. The number of nitrogens with one attached hydrogen (secondary N) is 2. The minimum Gasteiger partial charge on any atom is -0.480 e. The minimum absolute atomic E-state index is 0.365. The molecule has 0 aliphatic carbocycles. The number of aliphatic carboxylic acids is 1. The van der Waals surface area contributed by atoms with Crippen LogP contribution in [0.3, 0.4) is 0 Å². The van der Waals surface area contributed by atoms with Gasteiger partial charge in [0.2, 0.25) is 0 Å². The highest BCUT2D eigenvalue weighted by Gasteiger charge is 2.14. The summed E-state index contributed by atoms with van der Waals surface area (Å²) in [5.74, 6) is 1.28. The summed E-state index contributed by atoms with van der Waals surface area (Å²) in [7, 11) is 0. The van der Waals surface area contributed by atoms with E-state index in [9.17, 15) is 9.59 Å². The van der Waals surface area contributed by atoms with Crippen LogP contribution in [0.4, 0.5) is 4.79 Å². The molecule has 78 valence electrons. The lowest BCUT2D eigenvalue weighted by Crippen LogP contribution is -2.47. The number of rotatable bonds is 4. The fourth-order valence-electron chi connectivity index (χ4n) is 0.720. The van der Waals surface area contributed by atoms with Gasteiger partial charge in [0, 0.05) is 0 Å². The summed E-state index contributed by atoms with van der Waals surface area (Å²) in [6.07, 6.45) is 5.72.